The number of anilines is 1. The minimum atomic E-state index is -3.81. The van der Waals surface area contributed by atoms with Crippen molar-refractivity contribution in [1.29, 1.82) is 0 Å². The average Bonchev–Trinajstić information content (AvgIpc) is 3.33. The molecule has 0 unspecified atom stereocenters. The highest BCUT2D eigenvalue weighted by molar-refractivity contribution is 7.89. The predicted molar refractivity (Wildman–Crippen MR) is 108 cm³/mol. The summed E-state index contributed by atoms with van der Waals surface area (Å²) in [6, 6.07) is 8.86. The number of hydrogen-bond acceptors (Lipinski definition) is 7. The molecule has 9 nitrogen and oxygen atoms in total. The van der Waals surface area contributed by atoms with Crippen molar-refractivity contribution in [2.24, 2.45) is 5.14 Å². The van der Waals surface area contributed by atoms with Gasteiger partial charge in [0, 0.05) is 16.6 Å². The number of thiophene rings is 1. The SMILES string of the molecule is NS(=O)(=O)c1ccc(NC(=O)Cn2cnc3scc(-c4ccco4)c3c2=O)cc1. The van der Waals surface area contributed by atoms with Gasteiger partial charge in [-0.25, -0.2) is 18.5 Å². The van der Waals surface area contributed by atoms with E-state index >= 15 is 0 Å². The van der Waals surface area contributed by atoms with E-state index in [0.717, 1.165) is 0 Å². The summed E-state index contributed by atoms with van der Waals surface area (Å²) < 4.78 is 29.1. The van der Waals surface area contributed by atoms with Crippen molar-refractivity contribution in [1.82, 2.24) is 9.55 Å². The van der Waals surface area contributed by atoms with Gasteiger partial charge in [0.1, 0.15) is 17.1 Å². The molecular formula is C18H14N4O5S2. The van der Waals surface area contributed by atoms with Crippen LogP contribution < -0.4 is 16.0 Å². The maximum absolute atomic E-state index is 12.9. The van der Waals surface area contributed by atoms with E-state index in [0.29, 0.717) is 27.2 Å². The molecule has 0 saturated carbocycles. The smallest absolute Gasteiger partial charge is 0.263 e. The molecular weight excluding hydrogens is 416 g/mol. The quantitative estimate of drug-likeness (QED) is 0.497. The van der Waals surface area contributed by atoms with Gasteiger partial charge in [-0.15, -0.1) is 11.3 Å². The first kappa shape index (κ1) is 19.1. The molecule has 29 heavy (non-hydrogen) atoms. The van der Waals surface area contributed by atoms with Crippen LogP contribution in [0.3, 0.4) is 0 Å². The van der Waals surface area contributed by atoms with Crippen LogP contribution in [0, 0.1) is 0 Å². The van der Waals surface area contributed by atoms with E-state index in [4.69, 9.17) is 9.56 Å². The number of nitrogens with two attached hydrogens (primary N) is 1. The summed E-state index contributed by atoms with van der Waals surface area (Å²) in [5.74, 6) is 0.0821. The third-order valence-electron chi connectivity index (χ3n) is 4.13. The fraction of sp³-hybridized carbons (Fsp3) is 0.0556. The highest BCUT2D eigenvalue weighted by atomic mass is 32.2. The van der Waals surface area contributed by atoms with Crippen LogP contribution in [-0.4, -0.2) is 23.9 Å². The lowest BCUT2D eigenvalue weighted by Crippen LogP contribution is -2.27. The molecule has 0 atom stereocenters. The molecule has 0 spiro atoms. The van der Waals surface area contributed by atoms with Crippen molar-refractivity contribution in [3.05, 3.63) is 64.7 Å². The summed E-state index contributed by atoms with van der Waals surface area (Å²) in [4.78, 5) is 30.0. The molecule has 3 N–H and O–H groups in total. The topological polar surface area (TPSA) is 137 Å². The molecule has 1 amide bonds. The fourth-order valence-electron chi connectivity index (χ4n) is 2.78. The van der Waals surface area contributed by atoms with Crippen LogP contribution in [0.5, 0.6) is 0 Å². The fourth-order valence-corrected chi connectivity index (χ4v) is 4.18. The molecule has 4 rings (SSSR count). The zero-order chi connectivity index (χ0) is 20.6. The van der Waals surface area contributed by atoms with E-state index in [1.54, 1.807) is 17.5 Å². The van der Waals surface area contributed by atoms with Crippen LogP contribution in [0.2, 0.25) is 0 Å². The van der Waals surface area contributed by atoms with Gasteiger partial charge in [0.15, 0.2) is 0 Å². The van der Waals surface area contributed by atoms with Gasteiger partial charge in [0.2, 0.25) is 15.9 Å². The highest BCUT2D eigenvalue weighted by Crippen LogP contribution is 2.30. The lowest BCUT2D eigenvalue weighted by Gasteiger charge is -2.08. The van der Waals surface area contributed by atoms with Crippen molar-refractivity contribution < 1.29 is 17.6 Å². The second-order valence-corrected chi connectivity index (χ2v) is 8.52. The first-order valence-electron chi connectivity index (χ1n) is 8.26. The Labute approximate surface area is 168 Å². The van der Waals surface area contributed by atoms with E-state index in [1.165, 1.54) is 52.8 Å². The number of nitrogens with zero attached hydrogens (tertiary/aromatic N) is 2. The Bertz CT molecular complexity index is 1350. The maximum Gasteiger partial charge on any atom is 0.263 e. The molecule has 0 bridgehead atoms. The van der Waals surface area contributed by atoms with Gasteiger partial charge in [-0.05, 0) is 36.4 Å². The van der Waals surface area contributed by atoms with Crippen molar-refractivity contribution in [3.63, 3.8) is 0 Å². The lowest BCUT2D eigenvalue weighted by atomic mass is 10.2. The number of hydrogen-bond donors (Lipinski definition) is 2. The number of rotatable bonds is 5. The summed E-state index contributed by atoms with van der Waals surface area (Å²) in [7, 11) is -3.81. The minimum Gasteiger partial charge on any atom is -0.464 e. The van der Waals surface area contributed by atoms with Gasteiger partial charge < -0.3 is 9.73 Å². The zero-order valence-corrected chi connectivity index (χ0v) is 16.4. The van der Waals surface area contributed by atoms with Crippen LogP contribution in [0.4, 0.5) is 5.69 Å². The van der Waals surface area contributed by atoms with Crippen LogP contribution >= 0.6 is 11.3 Å². The normalized spacial score (nSPS) is 11.6. The summed E-state index contributed by atoms with van der Waals surface area (Å²) in [6.45, 7) is -0.258. The minimum absolute atomic E-state index is 0.0655. The van der Waals surface area contributed by atoms with E-state index in [2.05, 4.69) is 10.3 Å². The summed E-state index contributed by atoms with van der Waals surface area (Å²) in [5, 5.41) is 9.82. The van der Waals surface area contributed by atoms with E-state index in [1.807, 2.05) is 0 Å². The van der Waals surface area contributed by atoms with Gasteiger partial charge in [0.25, 0.3) is 5.56 Å². The number of aromatic nitrogens is 2. The Kier molecular flexibility index (Phi) is 4.78. The first-order chi connectivity index (χ1) is 13.8. The van der Waals surface area contributed by atoms with Gasteiger partial charge in [-0.1, -0.05) is 0 Å². The van der Waals surface area contributed by atoms with E-state index < -0.39 is 15.9 Å². The number of primary sulfonamides is 1. The molecule has 3 heterocycles. The van der Waals surface area contributed by atoms with Crippen molar-refractivity contribution in [3.8, 4) is 11.3 Å². The van der Waals surface area contributed by atoms with Crippen LogP contribution in [0.1, 0.15) is 0 Å². The molecule has 0 fully saturated rings. The third kappa shape index (κ3) is 3.83. The Balaban J connectivity index is 1.58. The van der Waals surface area contributed by atoms with Crippen molar-refractivity contribution in [2.75, 3.05) is 5.32 Å². The second-order valence-electron chi connectivity index (χ2n) is 6.10. The van der Waals surface area contributed by atoms with Crippen LogP contribution in [0.15, 0.2) is 68.5 Å². The molecule has 148 valence electrons. The predicted octanol–water partition coefficient (Wildman–Crippen LogP) is 2.00. The first-order valence-corrected chi connectivity index (χ1v) is 10.7. The number of furan rings is 1. The molecule has 0 saturated heterocycles. The van der Waals surface area contributed by atoms with Gasteiger partial charge in [-0.2, -0.15) is 0 Å². The molecule has 1 aromatic carbocycles. The molecule has 0 aliphatic carbocycles. The standard InChI is InChI=1S/C18H14N4O5S2/c19-29(25,26)12-5-3-11(4-6-12)21-15(23)8-22-10-20-17-16(18(22)24)13(9-28-17)14-2-1-7-27-14/h1-7,9-10H,8H2,(H,21,23)(H2,19,25,26). The Morgan fingerprint density at radius 1 is 1.24 bits per heavy atom. The molecule has 0 aliphatic heterocycles. The highest BCUT2D eigenvalue weighted by Gasteiger charge is 2.16. The van der Waals surface area contributed by atoms with Crippen LogP contribution in [0.25, 0.3) is 21.5 Å². The lowest BCUT2D eigenvalue weighted by molar-refractivity contribution is -0.116. The van der Waals surface area contributed by atoms with Gasteiger partial charge >= 0.3 is 0 Å². The van der Waals surface area contributed by atoms with E-state index in [-0.39, 0.29) is 17.0 Å². The van der Waals surface area contributed by atoms with Gasteiger partial charge in [0.05, 0.1) is 22.9 Å². The number of sulfonamides is 1. The van der Waals surface area contributed by atoms with Crippen LogP contribution in [-0.2, 0) is 21.4 Å². The summed E-state index contributed by atoms with van der Waals surface area (Å²) in [5.41, 5.74) is 0.638. The number of fused-ring (bicyclic) bond motifs is 1. The largest absolute Gasteiger partial charge is 0.464 e. The number of benzene rings is 1. The Morgan fingerprint density at radius 2 is 2.00 bits per heavy atom. The maximum atomic E-state index is 12.9. The molecule has 0 radical (unpaired) electrons. The number of nitrogens with one attached hydrogen (secondary N) is 1. The van der Waals surface area contributed by atoms with Crippen molar-refractivity contribution in [2.45, 2.75) is 11.4 Å². The number of carbonyl (C=O) groups excluding carboxylic acids is 1. The Morgan fingerprint density at radius 3 is 2.66 bits per heavy atom. The molecule has 11 heteroatoms. The van der Waals surface area contributed by atoms with E-state index in [9.17, 15) is 18.0 Å². The van der Waals surface area contributed by atoms with Gasteiger partial charge in [-0.3, -0.25) is 14.2 Å². The summed E-state index contributed by atoms with van der Waals surface area (Å²) in [6.07, 6.45) is 2.83. The molecule has 0 aliphatic rings. The number of amides is 1. The third-order valence-corrected chi connectivity index (χ3v) is 5.94. The summed E-state index contributed by atoms with van der Waals surface area (Å²) >= 11 is 1.32. The second kappa shape index (κ2) is 7.28. The zero-order valence-electron chi connectivity index (χ0n) is 14.7. The monoisotopic (exact) mass is 430 g/mol. The molecule has 4 aromatic rings. The Hall–Kier alpha value is -3.28. The average molecular weight is 430 g/mol. The molecule has 3 aromatic heterocycles. The van der Waals surface area contributed by atoms with Crippen molar-refractivity contribution >= 4 is 43.2 Å². The number of carbonyl (C=O) groups is 1.